The third-order valence-electron chi connectivity index (χ3n) is 3.60. The molecule has 0 saturated heterocycles. The molecule has 1 aromatic carbocycles. The van der Waals surface area contributed by atoms with Crippen molar-refractivity contribution in [2.75, 3.05) is 7.11 Å². The molecule has 1 amide bonds. The van der Waals surface area contributed by atoms with Gasteiger partial charge in [0.2, 0.25) is 0 Å². The molecule has 0 unspecified atom stereocenters. The van der Waals surface area contributed by atoms with E-state index in [1.54, 1.807) is 18.1 Å². The van der Waals surface area contributed by atoms with Gasteiger partial charge in [-0.2, -0.15) is 5.10 Å². The molecule has 24 heavy (non-hydrogen) atoms. The lowest BCUT2D eigenvalue weighted by Gasteiger charge is -2.11. The first-order valence-electron chi connectivity index (χ1n) is 7.49. The number of benzene rings is 1. The molecular weight excluding hydrogens is 324 g/mol. The summed E-state index contributed by atoms with van der Waals surface area (Å²) in [7, 11) is 1.58. The van der Waals surface area contributed by atoms with Crippen LogP contribution in [-0.2, 0) is 13.1 Å². The number of nitrogens with one attached hydrogen (secondary N) is 1. The summed E-state index contributed by atoms with van der Waals surface area (Å²) in [5.74, 6) is 0.492. The van der Waals surface area contributed by atoms with Crippen LogP contribution in [0, 0.1) is 6.92 Å². The number of thiophene rings is 1. The number of amides is 1. The van der Waals surface area contributed by atoms with Gasteiger partial charge in [-0.3, -0.25) is 4.79 Å². The largest absolute Gasteiger partial charge is 0.495 e. The van der Waals surface area contributed by atoms with Gasteiger partial charge in [-0.05, 0) is 24.1 Å². The molecule has 0 aliphatic carbocycles. The van der Waals surface area contributed by atoms with Crippen molar-refractivity contribution < 1.29 is 9.53 Å². The van der Waals surface area contributed by atoms with Gasteiger partial charge in [0.05, 0.1) is 13.7 Å². The molecule has 1 N–H and O–H groups in total. The molecule has 7 heteroatoms. The highest BCUT2D eigenvalue weighted by Crippen LogP contribution is 2.28. The van der Waals surface area contributed by atoms with Crippen molar-refractivity contribution in [2.24, 2.45) is 0 Å². The quantitative estimate of drug-likeness (QED) is 0.748. The topological polar surface area (TPSA) is 69.0 Å². The van der Waals surface area contributed by atoms with Crippen molar-refractivity contribution >= 4 is 17.2 Å². The number of rotatable bonds is 6. The number of nitrogens with zero attached hydrogens (tertiary/aromatic N) is 3. The van der Waals surface area contributed by atoms with E-state index in [0.717, 1.165) is 16.0 Å². The summed E-state index contributed by atoms with van der Waals surface area (Å²) < 4.78 is 7.02. The number of carbonyl (C=O) groups is 1. The third kappa shape index (κ3) is 3.62. The van der Waals surface area contributed by atoms with Crippen LogP contribution in [0.5, 0.6) is 5.75 Å². The van der Waals surface area contributed by atoms with E-state index in [4.69, 9.17) is 4.74 Å². The lowest BCUT2D eigenvalue weighted by molar-refractivity contribution is 0.0952. The molecule has 0 radical (unpaired) electrons. The molecule has 6 nitrogen and oxygen atoms in total. The fourth-order valence-electron chi connectivity index (χ4n) is 2.43. The van der Waals surface area contributed by atoms with E-state index >= 15 is 0 Å². The Balaban J connectivity index is 1.71. The minimum atomic E-state index is -0.125. The molecule has 3 rings (SSSR count). The molecule has 0 aliphatic heterocycles. The zero-order valence-electron chi connectivity index (χ0n) is 13.5. The second-order valence-electron chi connectivity index (χ2n) is 5.30. The number of aromatic nitrogens is 3. The zero-order valence-corrected chi connectivity index (χ0v) is 14.3. The molecule has 2 aromatic heterocycles. The summed E-state index contributed by atoms with van der Waals surface area (Å²) in [6, 6.07) is 9.84. The first kappa shape index (κ1) is 16.2. The van der Waals surface area contributed by atoms with Crippen LogP contribution in [-0.4, -0.2) is 27.8 Å². The van der Waals surface area contributed by atoms with Crippen LogP contribution in [0.1, 0.15) is 25.7 Å². The van der Waals surface area contributed by atoms with E-state index in [9.17, 15) is 4.79 Å². The van der Waals surface area contributed by atoms with Crippen LogP contribution in [0.3, 0.4) is 0 Å². The fraction of sp³-hybridized carbons (Fsp3) is 0.235. The highest BCUT2D eigenvalue weighted by atomic mass is 32.1. The number of hydrogen-bond acceptors (Lipinski definition) is 5. The lowest BCUT2D eigenvalue weighted by atomic mass is 10.1. The summed E-state index contributed by atoms with van der Waals surface area (Å²) in [4.78, 5) is 18.0. The highest BCUT2D eigenvalue weighted by Gasteiger charge is 2.16. The summed E-state index contributed by atoms with van der Waals surface area (Å²) in [5.41, 5.74) is 2.14. The Kier molecular flexibility index (Phi) is 4.90. The van der Waals surface area contributed by atoms with E-state index in [-0.39, 0.29) is 5.91 Å². The SMILES string of the molecule is COc1cc(C)sc1C(=O)NCc1ccccc1Cn1cncn1. The van der Waals surface area contributed by atoms with Crippen LogP contribution in [0.2, 0.25) is 0 Å². The molecule has 0 atom stereocenters. The second-order valence-corrected chi connectivity index (χ2v) is 6.56. The average molecular weight is 342 g/mol. The number of hydrogen-bond donors (Lipinski definition) is 1. The van der Waals surface area contributed by atoms with Gasteiger partial charge in [-0.1, -0.05) is 24.3 Å². The van der Waals surface area contributed by atoms with Gasteiger partial charge in [-0.15, -0.1) is 11.3 Å². The molecule has 0 saturated carbocycles. The van der Waals surface area contributed by atoms with Gasteiger partial charge in [-0.25, -0.2) is 9.67 Å². The monoisotopic (exact) mass is 342 g/mol. The van der Waals surface area contributed by atoms with Crippen molar-refractivity contribution in [3.05, 3.63) is 63.9 Å². The molecule has 0 aliphatic rings. The van der Waals surface area contributed by atoms with E-state index < -0.39 is 0 Å². The molecular formula is C17H18N4O2S. The summed E-state index contributed by atoms with van der Waals surface area (Å²) >= 11 is 1.43. The number of methoxy groups -OCH3 is 1. The van der Waals surface area contributed by atoms with Crippen LogP contribution in [0.15, 0.2) is 43.0 Å². The standard InChI is InChI=1S/C17H18N4O2S/c1-12-7-15(23-2)16(24-12)17(22)19-8-13-5-3-4-6-14(13)9-21-11-18-10-20-21/h3-7,10-11H,8-9H2,1-2H3,(H,19,22). The Hall–Kier alpha value is -2.67. The molecule has 0 spiro atoms. The van der Waals surface area contributed by atoms with Crippen LogP contribution >= 0.6 is 11.3 Å². The first-order chi connectivity index (χ1) is 11.7. The van der Waals surface area contributed by atoms with Gasteiger partial charge < -0.3 is 10.1 Å². The Bertz CT molecular complexity index is 827. The lowest BCUT2D eigenvalue weighted by Crippen LogP contribution is -2.23. The van der Waals surface area contributed by atoms with Gasteiger partial charge in [0.15, 0.2) is 0 Å². The maximum atomic E-state index is 12.4. The zero-order chi connectivity index (χ0) is 16.9. The van der Waals surface area contributed by atoms with Crippen LogP contribution in [0.4, 0.5) is 0 Å². The first-order valence-corrected chi connectivity index (χ1v) is 8.31. The maximum absolute atomic E-state index is 12.4. The second kappa shape index (κ2) is 7.27. The predicted molar refractivity (Wildman–Crippen MR) is 92.3 cm³/mol. The Morgan fingerprint density at radius 2 is 2.12 bits per heavy atom. The predicted octanol–water partition coefficient (Wildman–Crippen LogP) is 2.63. The van der Waals surface area contributed by atoms with Crippen molar-refractivity contribution in [3.63, 3.8) is 0 Å². The summed E-state index contributed by atoms with van der Waals surface area (Å²) in [6.45, 7) is 3.02. The van der Waals surface area contributed by atoms with Crippen molar-refractivity contribution in [1.82, 2.24) is 20.1 Å². The molecule has 0 bridgehead atoms. The van der Waals surface area contributed by atoms with Gasteiger partial charge in [0, 0.05) is 11.4 Å². The van der Waals surface area contributed by atoms with Gasteiger partial charge >= 0.3 is 0 Å². The Morgan fingerprint density at radius 3 is 2.83 bits per heavy atom. The number of aryl methyl sites for hydroxylation is 1. The minimum absolute atomic E-state index is 0.125. The smallest absolute Gasteiger partial charge is 0.265 e. The van der Waals surface area contributed by atoms with Crippen LogP contribution < -0.4 is 10.1 Å². The van der Waals surface area contributed by atoms with E-state index in [0.29, 0.717) is 23.7 Å². The summed E-state index contributed by atoms with van der Waals surface area (Å²) in [5, 5.41) is 7.09. The maximum Gasteiger partial charge on any atom is 0.265 e. The minimum Gasteiger partial charge on any atom is -0.495 e. The van der Waals surface area contributed by atoms with Crippen molar-refractivity contribution in [1.29, 1.82) is 0 Å². The van der Waals surface area contributed by atoms with Crippen LogP contribution in [0.25, 0.3) is 0 Å². The average Bonchev–Trinajstić information content (AvgIpc) is 3.23. The Labute approximate surface area is 144 Å². The molecule has 124 valence electrons. The fourth-order valence-corrected chi connectivity index (χ4v) is 3.33. The number of carbonyl (C=O) groups excluding carboxylic acids is 1. The van der Waals surface area contributed by atoms with Crippen molar-refractivity contribution in [3.8, 4) is 5.75 Å². The number of ether oxygens (including phenoxy) is 1. The summed E-state index contributed by atoms with van der Waals surface area (Å²) in [6.07, 6.45) is 3.18. The highest BCUT2D eigenvalue weighted by molar-refractivity contribution is 7.14. The Morgan fingerprint density at radius 1 is 1.33 bits per heavy atom. The normalized spacial score (nSPS) is 10.6. The molecule has 0 fully saturated rings. The third-order valence-corrected chi connectivity index (χ3v) is 4.63. The van der Waals surface area contributed by atoms with E-state index in [2.05, 4.69) is 15.4 Å². The van der Waals surface area contributed by atoms with E-state index in [1.807, 2.05) is 37.3 Å². The van der Waals surface area contributed by atoms with Gasteiger partial charge in [0.1, 0.15) is 23.3 Å². The van der Waals surface area contributed by atoms with E-state index in [1.165, 1.54) is 17.7 Å². The van der Waals surface area contributed by atoms with Crippen molar-refractivity contribution in [2.45, 2.75) is 20.0 Å². The molecule has 3 aromatic rings. The molecule has 2 heterocycles. The van der Waals surface area contributed by atoms with Gasteiger partial charge in [0.25, 0.3) is 5.91 Å².